The van der Waals surface area contributed by atoms with Gasteiger partial charge in [0.2, 0.25) is 0 Å². The highest BCUT2D eigenvalue weighted by Crippen LogP contribution is 2.40. The molecule has 0 bridgehead atoms. The van der Waals surface area contributed by atoms with E-state index in [0.717, 1.165) is 18.3 Å². The molecule has 0 aliphatic carbocycles. The zero-order chi connectivity index (χ0) is 24.3. The Labute approximate surface area is 189 Å². The standard InChI is InChI=1S/C21H14ClF4N3O4/c1-32-14-4-2-10(22)8-16(14)33-15-5-3-12(21(24,25)26)18(23)17(15)20(31)29-11-6-7-28-13(9-11)19(27)30/h2-9H,1H3,(H2,27,30)(H,28,29,31). The highest BCUT2D eigenvalue weighted by molar-refractivity contribution is 6.30. The van der Waals surface area contributed by atoms with Crippen molar-refractivity contribution in [2.75, 3.05) is 12.4 Å². The minimum absolute atomic E-state index is 0.0631. The lowest BCUT2D eigenvalue weighted by atomic mass is 10.1. The number of nitrogens with zero attached hydrogens (tertiary/aromatic N) is 1. The summed E-state index contributed by atoms with van der Waals surface area (Å²) in [5.41, 5.74) is 2.12. The lowest BCUT2D eigenvalue weighted by molar-refractivity contribution is -0.140. The first-order valence-corrected chi connectivity index (χ1v) is 9.37. The fourth-order valence-electron chi connectivity index (χ4n) is 2.76. The number of amides is 2. The van der Waals surface area contributed by atoms with E-state index in [1.54, 1.807) is 0 Å². The van der Waals surface area contributed by atoms with Gasteiger partial charge in [-0.3, -0.25) is 14.6 Å². The van der Waals surface area contributed by atoms with Gasteiger partial charge in [0.15, 0.2) is 17.3 Å². The van der Waals surface area contributed by atoms with Crippen molar-refractivity contribution in [1.82, 2.24) is 4.98 Å². The number of carbonyl (C=O) groups excluding carboxylic acids is 2. The van der Waals surface area contributed by atoms with Crippen LogP contribution in [-0.4, -0.2) is 23.9 Å². The first-order chi connectivity index (χ1) is 15.5. The number of methoxy groups -OCH3 is 1. The number of primary amides is 1. The van der Waals surface area contributed by atoms with Crippen molar-refractivity contribution >= 4 is 29.1 Å². The summed E-state index contributed by atoms with van der Waals surface area (Å²) in [6, 6.07) is 7.70. The molecular weight excluding hydrogens is 470 g/mol. The Morgan fingerprint density at radius 3 is 2.39 bits per heavy atom. The second kappa shape index (κ2) is 9.33. The van der Waals surface area contributed by atoms with Crippen molar-refractivity contribution in [1.29, 1.82) is 0 Å². The van der Waals surface area contributed by atoms with Crippen LogP contribution in [0.2, 0.25) is 5.02 Å². The van der Waals surface area contributed by atoms with Crippen molar-refractivity contribution in [2.24, 2.45) is 5.73 Å². The van der Waals surface area contributed by atoms with Crippen LogP contribution >= 0.6 is 11.6 Å². The number of hydrogen-bond acceptors (Lipinski definition) is 5. The maximum Gasteiger partial charge on any atom is 0.419 e. The van der Waals surface area contributed by atoms with Crippen LogP contribution in [0.3, 0.4) is 0 Å². The molecule has 0 aliphatic heterocycles. The lowest BCUT2D eigenvalue weighted by Crippen LogP contribution is -2.19. The normalized spacial score (nSPS) is 11.1. The largest absolute Gasteiger partial charge is 0.493 e. The predicted octanol–water partition coefficient (Wildman–Crippen LogP) is 5.05. The summed E-state index contributed by atoms with van der Waals surface area (Å²) >= 11 is 5.93. The molecule has 0 fully saturated rings. The third-order valence-electron chi connectivity index (χ3n) is 4.25. The van der Waals surface area contributed by atoms with Crippen LogP contribution in [0.4, 0.5) is 23.2 Å². The summed E-state index contributed by atoms with van der Waals surface area (Å²) in [5, 5.41) is 2.40. The number of aromatic nitrogens is 1. The van der Waals surface area contributed by atoms with E-state index in [4.69, 9.17) is 26.8 Å². The van der Waals surface area contributed by atoms with E-state index in [1.807, 2.05) is 0 Å². The van der Waals surface area contributed by atoms with Crippen molar-refractivity contribution in [2.45, 2.75) is 6.18 Å². The summed E-state index contributed by atoms with van der Waals surface area (Å²) in [6.07, 6.45) is -3.95. The van der Waals surface area contributed by atoms with Gasteiger partial charge in [0.25, 0.3) is 11.8 Å². The van der Waals surface area contributed by atoms with Crippen LogP contribution in [0.1, 0.15) is 26.4 Å². The molecular formula is C21H14ClF4N3O4. The number of anilines is 1. The molecule has 7 nitrogen and oxygen atoms in total. The second-order valence-electron chi connectivity index (χ2n) is 6.44. The molecule has 12 heteroatoms. The van der Waals surface area contributed by atoms with E-state index < -0.39 is 40.7 Å². The molecule has 3 N–H and O–H groups in total. The quantitative estimate of drug-likeness (QED) is 0.478. The first-order valence-electron chi connectivity index (χ1n) is 8.99. The van der Waals surface area contributed by atoms with Gasteiger partial charge in [-0.05, 0) is 36.4 Å². The summed E-state index contributed by atoms with van der Waals surface area (Å²) < 4.78 is 65.4. The molecule has 0 atom stereocenters. The third-order valence-corrected chi connectivity index (χ3v) is 4.49. The van der Waals surface area contributed by atoms with Gasteiger partial charge in [0.05, 0.1) is 12.7 Å². The Bertz CT molecular complexity index is 1230. The maximum absolute atomic E-state index is 14.9. The summed E-state index contributed by atoms with van der Waals surface area (Å²) in [5.74, 6) is -4.53. The van der Waals surface area contributed by atoms with Gasteiger partial charge in [-0.1, -0.05) is 11.6 Å². The smallest absolute Gasteiger partial charge is 0.419 e. The molecule has 172 valence electrons. The second-order valence-corrected chi connectivity index (χ2v) is 6.88. The van der Waals surface area contributed by atoms with Gasteiger partial charge < -0.3 is 20.5 Å². The number of carbonyl (C=O) groups is 2. The molecule has 0 saturated heterocycles. The number of ether oxygens (including phenoxy) is 2. The van der Waals surface area contributed by atoms with E-state index in [2.05, 4.69) is 10.3 Å². The molecule has 0 saturated carbocycles. The first kappa shape index (κ1) is 23.8. The molecule has 1 heterocycles. The molecule has 3 aromatic rings. The fraction of sp³-hybridized carbons (Fsp3) is 0.0952. The van der Waals surface area contributed by atoms with E-state index in [0.29, 0.717) is 6.07 Å². The number of hydrogen-bond donors (Lipinski definition) is 2. The number of nitrogens with two attached hydrogens (primary N) is 1. The number of nitrogens with one attached hydrogen (secondary N) is 1. The molecule has 0 aliphatic rings. The van der Waals surface area contributed by atoms with Crippen LogP contribution in [0.5, 0.6) is 17.2 Å². The Kier molecular flexibility index (Phi) is 6.73. The molecule has 3 rings (SSSR count). The van der Waals surface area contributed by atoms with Gasteiger partial charge in [-0.15, -0.1) is 0 Å². The van der Waals surface area contributed by atoms with Crippen LogP contribution in [-0.2, 0) is 6.18 Å². The highest BCUT2D eigenvalue weighted by atomic mass is 35.5. The fourth-order valence-corrected chi connectivity index (χ4v) is 2.92. The number of benzene rings is 2. The number of halogens is 5. The highest BCUT2D eigenvalue weighted by Gasteiger charge is 2.37. The molecule has 0 spiro atoms. The van der Waals surface area contributed by atoms with Crippen molar-refractivity contribution in [3.8, 4) is 17.2 Å². The minimum Gasteiger partial charge on any atom is -0.493 e. The van der Waals surface area contributed by atoms with Crippen molar-refractivity contribution < 1.29 is 36.6 Å². The van der Waals surface area contributed by atoms with E-state index in [1.165, 1.54) is 31.4 Å². The average Bonchev–Trinajstić information content (AvgIpc) is 2.73. The van der Waals surface area contributed by atoms with E-state index in [9.17, 15) is 27.2 Å². The Hall–Kier alpha value is -3.86. The monoisotopic (exact) mass is 483 g/mol. The Morgan fingerprint density at radius 1 is 1.06 bits per heavy atom. The third kappa shape index (κ3) is 5.32. The van der Waals surface area contributed by atoms with Gasteiger partial charge in [-0.25, -0.2) is 4.39 Å². The molecule has 0 radical (unpaired) electrons. The molecule has 33 heavy (non-hydrogen) atoms. The zero-order valence-corrected chi connectivity index (χ0v) is 17.4. The Balaban J connectivity index is 2.09. The van der Waals surface area contributed by atoms with Crippen molar-refractivity contribution in [3.63, 3.8) is 0 Å². The number of pyridine rings is 1. The minimum atomic E-state index is -5.08. The molecule has 2 aromatic carbocycles. The van der Waals surface area contributed by atoms with Crippen LogP contribution in [0, 0.1) is 5.82 Å². The van der Waals surface area contributed by atoms with Gasteiger partial charge in [0, 0.05) is 23.0 Å². The molecule has 0 unspecified atom stereocenters. The maximum atomic E-state index is 14.9. The van der Waals surface area contributed by atoms with Crippen molar-refractivity contribution in [3.05, 3.63) is 76.3 Å². The summed E-state index contributed by atoms with van der Waals surface area (Å²) in [4.78, 5) is 27.8. The van der Waals surface area contributed by atoms with E-state index in [-0.39, 0.29) is 27.9 Å². The van der Waals surface area contributed by atoms with Gasteiger partial charge in [0.1, 0.15) is 17.0 Å². The summed E-state index contributed by atoms with van der Waals surface area (Å²) in [7, 11) is 1.30. The number of rotatable bonds is 6. The van der Waals surface area contributed by atoms with E-state index >= 15 is 0 Å². The Morgan fingerprint density at radius 2 is 1.76 bits per heavy atom. The topological polar surface area (TPSA) is 104 Å². The average molecular weight is 484 g/mol. The molecule has 1 aromatic heterocycles. The SMILES string of the molecule is COc1ccc(Cl)cc1Oc1ccc(C(F)(F)F)c(F)c1C(=O)Nc1ccnc(C(N)=O)c1. The lowest BCUT2D eigenvalue weighted by Gasteiger charge is -2.17. The van der Waals surface area contributed by atoms with Crippen LogP contribution in [0.25, 0.3) is 0 Å². The number of alkyl halides is 3. The van der Waals surface area contributed by atoms with Crippen LogP contribution in [0.15, 0.2) is 48.7 Å². The zero-order valence-electron chi connectivity index (χ0n) is 16.7. The van der Waals surface area contributed by atoms with Gasteiger partial charge in [-0.2, -0.15) is 13.2 Å². The van der Waals surface area contributed by atoms with Crippen LogP contribution < -0.4 is 20.5 Å². The summed E-state index contributed by atoms with van der Waals surface area (Å²) in [6.45, 7) is 0. The predicted molar refractivity (Wildman–Crippen MR) is 110 cm³/mol. The molecule has 2 amide bonds. The van der Waals surface area contributed by atoms with Gasteiger partial charge >= 0.3 is 6.18 Å².